The number of nitro groups is 1. The van der Waals surface area contributed by atoms with E-state index in [9.17, 15) is 19.7 Å². The van der Waals surface area contributed by atoms with Gasteiger partial charge in [-0.1, -0.05) is 23.7 Å². The number of ether oxygens (including phenoxy) is 1. The maximum atomic E-state index is 12.5. The number of carbonyl (C=O) groups is 2. The molecule has 0 spiro atoms. The molecule has 0 unspecified atom stereocenters. The molecule has 0 aliphatic carbocycles. The fraction of sp³-hybridized carbons (Fsp3) is 0.222. The van der Waals surface area contributed by atoms with Gasteiger partial charge in [-0.3, -0.25) is 19.7 Å². The van der Waals surface area contributed by atoms with E-state index in [1.165, 1.54) is 25.3 Å². The summed E-state index contributed by atoms with van der Waals surface area (Å²) in [6, 6.07) is 10.2. The number of methoxy groups -OCH3 is 1. The van der Waals surface area contributed by atoms with Crippen LogP contribution in [0.3, 0.4) is 0 Å². The number of esters is 1. The van der Waals surface area contributed by atoms with Crippen LogP contribution in [0.25, 0.3) is 0 Å². The third-order valence-electron chi connectivity index (χ3n) is 3.83. The normalized spacial score (nSPS) is 11.5. The SMILES string of the molecule is COC(=O)C[C@H](NC(=O)c1ccc([N+](=O)[O-])c(C)c1)c1ccc(Cl)cc1. The van der Waals surface area contributed by atoms with E-state index in [-0.39, 0.29) is 17.7 Å². The minimum atomic E-state index is -0.622. The van der Waals surface area contributed by atoms with Crippen LogP contribution in [-0.4, -0.2) is 23.9 Å². The van der Waals surface area contributed by atoms with Gasteiger partial charge in [-0.15, -0.1) is 0 Å². The lowest BCUT2D eigenvalue weighted by atomic mass is 10.0. The summed E-state index contributed by atoms with van der Waals surface area (Å²) < 4.78 is 4.68. The van der Waals surface area contributed by atoms with Gasteiger partial charge >= 0.3 is 5.97 Å². The second-order valence-corrected chi connectivity index (χ2v) is 6.05. The monoisotopic (exact) mass is 376 g/mol. The lowest BCUT2D eigenvalue weighted by molar-refractivity contribution is -0.385. The van der Waals surface area contributed by atoms with Crippen LogP contribution in [0.2, 0.25) is 5.02 Å². The Labute approximate surface area is 155 Å². The van der Waals surface area contributed by atoms with Crippen molar-refractivity contribution in [3.8, 4) is 0 Å². The zero-order chi connectivity index (χ0) is 19.3. The Kier molecular flexibility index (Phi) is 6.30. The van der Waals surface area contributed by atoms with Crippen LogP contribution in [0.5, 0.6) is 0 Å². The average Bonchev–Trinajstić information content (AvgIpc) is 2.61. The third-order valence-corrected chi connectivity index (χ3v) is 4.08. The molecule has 0 radical (unpaired) electrons. The number of hydrogen-bond donors (Lipinski definition) is 1. The number of nitro benzene ring substituents is 1. The van der Waals surface area contributed by atoms with Gasteiger partial charge in [-0.2, -0.15) is 0 Å². The lowest BCUT2D eigenvalue weighted by Gasteiger charge is -2.18. The van der Waals surface area contributed by atoms with Gasteiger partial charge in [0.25, 0.3) is 11.6 Å². The lowest BCUT2D eigenvalue weighted by Crippen LogP contribution is -2.30. The first-order valence-electron chi connectivity index (χ1n) is 7.70. The Hall–Kier alpha value is -2.93. The largest absolute Gasteiger partial charge is 0.469 e. The standard InChI is InChI=1S/C18H17ClN2O5/c1-11-9-13(5-8-16(11)21(24)25)18(23)20-15(10-17(22)26-2)12-3-6-14(19)7-4-12/h3-9,15H,10H2,1-2H3,(H,20,23)/t15-/m0/s1. The summed E-state index contributed by atoms with van der Waals surface area (Å²) in [6.07, 6.45) is -0.0597. The molecule has 1 amide bonds. The fourth-order valence-electron chi connectivity index (χ4n) is 2.44. The van der Waals surface area contributed by atoms with Gasteiger partial charge in [0, 0.05) is 22.2 Å². The molecule has 0 aromatic heterocycles. The zero-order valence-electron chi connectivity index (χ0n) is 14.2. The fourth-order valence-corrected chi connectivity index (χ4v) is 2.57. The third kappa shape index (κ3) is 4.80. The molecule has 0 bridgehead atoms. The molecule has 2 aromatic carbocycles. The molecule has 1 N–H and O–H groups in total. The number of carbonyl (C=O) groups excluding carboxylic acids is 2. The van der Waals surface area contributed by atoms with E-state index < -0.39 is 22.8 Å². The van der Waals surface area contributed by atoms with Crippen LogP contribution in [0.1, 0.15) is 33.9 Å². The molecule has 0 fully saturated rings. The van der Waals surface area contributed by atoms with Gasteiger partial charge in [0.05, 0.1) is 24.5 Å². The highest BCUT2D eigenvalue weighted by Gasteiger charge is 2.21. The summed E-state index contributed by atoms with van der Waals surface area (Å²) in [5.41, 5.74) is 1.26. The number of nitrogens with zero attached hydrogens (tertiary/aromatic N) is 1. The van der Waals surface area contributed by atoms with Crippen molar-refractivity contribution in [3.63, 3.8) is 0 Å². The minimum Gasteiger partial charge on any atom is -0.469 e. The van der Waals surface area contributed by atoms with Crippen molar-refractivity contribution in [1.82, 2.24) is 5.32 Å². The molecule has 26 heavy (non-hydrogen) atoms. The van der Waals surface area contributed by atoms with Crippen LogP contribution in [-0.2, 0) is 9.53 Å². The molecule has 7 nitrogen and oxygen atoms in total. The van der Waals surface area contributed by atoms with Crippen molar-refractivity contribution in [3.05, 3.63) is 74.3 Å². The first-order chi connectivity index (χ1) is 12.3. The van der Waals surface area contributed by atoms with Crippen LogP contribution in [0.15, 0.2) is 42.5 Å². The molecule has 136 valence electrons. The van der Waals surface area contributed by atoms with E-state index in [0.29, 0.717) is 16.1 Å². The maximum absolute atomic E-state index is 12.5. The number of rotatable bonds is 6. The highest BCUT2D eigenvalue weighted by Crippen LogP contribution is 2.22. The summed E-state index contributed by atoms with van der Waals surface area (Å²) >= 11 is 5.87. The Morgan fingerprint density at radius 1 is 1.23 bits per heavy atom. The molecule has 8 heteroatoms. The summed E-state index contributed by atoms with van der Waals surface area (Å²) in [5.74, 6) is -0.933. The van der Waals surface area contributed by atoms with Crippen LogP contribution < -0.4 is 5.32 Å². The molecule has 0 aliphatic rings. The van der Waals surface area contributed by atoms with E-state index in [1.807, 2.05) is 0 Å². The molecule has 0 heterocycles. The molecule has 1 atom stereocenters. The number of nitrogens with one attached hydrogen (secondary N) is 1. The van der Waals surface area contributed by atoms with E-state index in [2.05, 4.69) is 10.1 Å². The van der Waals surface area contributed by atoms with E-state index in [4.69, 9.17) is 11.6 Å². The molecule has 0 saturated carbocycles. The molecular weight excluding hydrogens is 360 g/mol. The molecule has 0 saturated heterocycles. The van der Waals surface area contributed by atoms with Gasteiger partial charge in [-0.05, 0) is 36.8 Å². The first kappa shape index (κ1) is 19.4. The number of amides is 1. The van der Waals surface area contributed by atoms with Crippen molar-refractivity contribution < 1.29 is 19.2 Å². The second kappa shape index (κ2) is 8.44. The van der Waals surface area contributed by atoms with Crippen molar-refractivity contribution in [1.29, 1.82) is 0 Å². The zero-order valence-corrected chi connectivity index (χ0v) is 14.9. The highest BCUT2D eigenvalue weighted by molar-refractivity contribution is 6.30. The van der Waals surface area contributed by atoms with Crippen LogP contribution >= 0.6 is 11.6 Å². The predicted molar refractivity (Wildman–Crippen MR) is 96.1 cm³/mol. The minimum absolute atomic E-state index is 0.0597. The van der Waals surface area contributed by atoms with Gasteiger partial charge in [0.1, 0.15) is 0 Å². The molecule has 0 aliphatic heterocycles. The second-order valence-electron chi connectivity index (χ2n) is 5.62. The highest BCUT2D eigenvalue weighted by atomic mass is 35.5. The first-order valence-corrected chi connectivity index (χ1v) is 8.07. The average molecular weight is 377 g/mol. The number of aryl methyl sites for hydroxylation is 1. The quantitative estimate of drug-likeness (QED) is 0.472. The molecular formula is C18H17ClN2O5. The van der Waals surface area contributed by atoms with Crippen molar-refractivity contribution in [2.45, 2.75) is 19.4 Å². The van der Waals surface area contributed by atoms with E-state index >= 15 is 0 Å². The summed E-state index contributed by atoms with van der Waals surface area (Å²) in [6.45, 7) is 1.56. The van der Waals surface area contributed by atoms with Crippen molar-refractivity contribution >= 4 is 29.2 Å². The van der Waals surface area contributed by atoms with E-state index in [1.54, 1.807) is 31.2 Å². The van der Waals surface area contributed by atoms with Crippen LogP contribution in [0.4, 0.5) is 5.69 Å². The van der Waals surface area contributed by atoms with Gasteiger partial charge in [-0.25, -0.2) is 0 Å². The number of halogens is 1. The smallest absolute Gasteiger partial charge is 0.307 e. The maximum Gasteiger partial charge on any atom is 0.307 e. The van der Waals surface area contributed by atoms with Crippen molar-refractivity contribution in [2.75, 3.05) is 7.11 Å². The summed E-state index contributed by atoms with van der Waals surface area (Å²) in [4.78, 5) is 34.6. The molecule has 2 rings (SSSR count). The Balaban J connectivity index is 2.25. The van der Waals surface area contributed by atoms with Gasteiger partial charge < -0.3 is 10.1 Å². The summed E-state index contributed by atoms with van der Waals surface area (Å²) in [5, 5.41) is 14.2. The number of hydrogen-bond acceptors (Lipinski definition) is 5. The van der Waals surface area contributed by atoms with Gasteiger partial charge in [0.2, 0.25) is 0 Å². The molecule has 2 aromatic rings. The van der Waals surface area contributed by atoms with E-state index in [0.717, 1.165) is 0 Å². The van der Waals surface area contributed by atoms with Crippen LogP contribution in [0, 0.1) is 17.0 Å². The van der Waals surface area contributed by atoms with Crippen molar-refractivity contribution in [2.24, 2.45) is 0 Å². The summed E-state index contributed by atoms with van der Waals surface area (Å²) in [7, 11) is 1.27. The Bertz CT molecular complexity index is 836. The number of benzene rings is 2. The topological polar surface area (TPSA) is 98.5 Å². The predicted octanol–water partition coefficient (Wildman–Crippen LogP) is 3.59. The Morgan fingerprint density at radius 2 is 1.88 bits per heavy atom. The Morgan fingerprint density at radius 3 is 2.42 bits per heavy atom. The van der Waals surface area contributed by atoms with Gasteiger partial charge in [0.15, 0.2) is 0 Å².